The SMILES string of the molecule is CSc1nnc(S[C@H](C)C(=O)Nc2ccc(C)cc2)s1. The van der Waals surface area contributed by atoms with E-state index in [0.29, 0.717) is 0 Å². The lowest BCUT2D eigenvalue weighted by Gasteiger charge is -2.10. The molecule has 0 aliphatic carbocycles. The number of aromatic nitrogens is 2. The zero-order valence-electron chi connectivity index (χ0n) is 11.4. The van der Waals surface area contributed by atoms with Crippen molar-refractivity contribution in [2.45, 2.75) is 27.8 Å². The maximum absolute atomic E-state index is 12.1. The van der Waals surface area contributed by atoms with Crippen LogP contribution in [0.25, 0.3) is 0 Å². The molecule has 4 nitrogen and oxygen atoms in total. The number of benzene rings is 1. The second-order valence-electron chi connectivity index (χ2n) is 4.15. The summed E-state index contributed by atoms with van der Waals surface area (Å²) < 4.78 is 1.74. The van der Waals surface area contributed by atoms with E-state index in [0.717, 1.165) is 14.4 Å². The van der Waals surface area contributed by atoms with Gasteiger partial charge in [-0.25, -0.2) is 0 Å². The summed E-state index contributed by atoms with van der Waals surface area (Å²) in [7, 11) is 0. The Bertz CT molecular complexity index is 583. The summed E-state index contributed by atoms with van der Waals surface area (Å²) in [4.78, 5) is 12.1. The van der Waals surface area contributed by atoms with Gasteiger partial charge in [0.15, 0.2) is 8.68 Å². The Morgan fingerprint density at radius 1 is 1.25 bits per heavy atom. The molecule has 1 amide bonds. The van der Waals surface area contributed by atoms with Crippen LogP contribution in [0.4, 0.5) is 5.69 Å². The number of aryl methyl sites for hydroxylation is 1. The molecule has 0 bridgehead atoms. The fourth-order valence-corrected chi connectivity index (χ4v) is 3.99. The Hall–Kier alpha value is -1.05. The van der Waals surface area contributed by atoms with Crippen molar-refractivity contribution in [1.82, 2.24) is 10.2 Å². The molecule has 20 heavy (non-hydrogen) atoms. The lowest BCUT2D eigenvalue weighted by atomic mass is 10.2. The van der Waals surface area contributed by atoms with Crippen LogP contribution >= 0.6 is 34.9 Å². The van der Waals surface area contributed by atoms with Gasteiger partial charge in [-0.15, -0.1) is 10.2 Å². The standard InChI is InChI=1S/C13H15N3OS3/c1-8-4-6-10(7-5-8)14-11(17)9(2)19-13-16-15-12(18-3)20-13/h4-7,9H,1-3H3,(H,14,17)/t9-/m1/s1. The molecule has 1 aromatic carbocycles. The van der Waals surface area contributed by atoms with Gasteiger partial charge in [0.05, 0.1) is 5.25 Å². The van der Waals surface area contributed by atoms with E-state index >= 15 is 0 Å². The molecule has 0 aliphatic rings. The van der Waals surface area contributed by atoms with E-state index < -0.39 is 0 Å². The number of amides is 1. The largest absolute Gasteiger partial charge is 0.325 e. The van der Waals surface area contributed by atoms with Gasteiger partial charge in [0.2, 0.25) is 5.91 Å². The molecule has 1 atom stereocenters. The lowest BCUT2D eigenvalue weighted by molar-refractivity contribution is -0.115. The second-order valence-corrected chi connectivity index (χ2v) is 7.77. The van der Waals surface area contributed by atoms with E-state index in [9.17, 15) is 4.79 Å². The van der Waals surface area contributed by atoms with Crippen LogP contribution in [0.1, 0.15) is 12.5 Å². The zero-order chi connectivity index (χ0) is 14.5. The number of nitrogens with one attached hydrogen (secondary N) is 1. The van der Waals surface area contributed by atoms with Crippen LogP contribution in [0.3, 0.4) is 0 Å². The minimum Gasteiger partial charge on any atom is -0.325 e. The van der Waals surface area contributed by atoms with Crippen molar-refractivity contribution in [2.75, 3.05) is 11.6 Å². The van der Waals surface area contributed by atoms with Crippen molar-refractivity contribution in [3.05, 3.63) is 29.8 Å². The van der Waals surface area contributed by atoms with Crippen molar-refractivity contribution in [2.24, 2.45) is 0 Å². The van der Waals surface area contributed by atoms with Crippen molar-refractivity contribution in [3.63, 3.8) is 0 Å². The van der Waals surface area contributed by atoms with Gasteiger partial charge in [0.1, 0.15) is 0 Å². The van der Waals surface area contributed by atoms with Crippen LogP contribution < -0.4 is 5.32 Å². The number of anilines is 1. The molecule has 1 N–H and O–H groups in total. The third-order valence-electron chi connectivity index (χ3n) is 2.53. The third-order valence-corrected chi connectivity index (χ3v) is 5.61. The summed E-state index contributed by atoms with van der Waals surface area (Å²) in [6, 6.07) is 7.76. The van der Waals surface area contributed by atoms with Gasteiger partial charge < -0.3 is 5.32 Å². The first-order valence-corrected chi connectivity index (χ1v) is 8.92. The second kappa shape index (κ2) is 7.10. The summed E-state index contributed by atoms with van der Waals surface area (Å²) in [6.45, 7) is 3.89. The molecule has 0 radical (unpaired) electrons. The summed E-state index contributed by atoms with van der Waals surface area (Å²) >= 11 is 4.50. The van der Waals surface area contributed by atoms with Gasteiger partial charge in [0.25, 0.3) is 0 Å². The van der Waals surface area contributed by atoms with Crippen molar-refractivity contribution < 1.29 is 4.79 Å². The Balaban J connectivity index is 1.93. The van der Waals surface area contributed by atoms with Gasteiger partial charge in [-0.05, 0) is 32.2 Å². The average molecular weight is 325 g/mol. The Morgan fingerprint density at radius 2 is 1.90 bits per heavy atom. The normalized spacial score (nSPS) is 12.2. The quantitative estimate of drug-likeness (QED) is 0.850. The zero-order valence-corrected chi connectivity index (χ0v) is 13.9. The Kier molecular flexibility index (Phi) is 5.45. The molecule has 106 valence electrons. The molecule has 0 fully saturated rings. The Labute approximate surface area is 130 Å². The molecule has 7 heteroatoms. The molecular formula is C13H15N3OS3. The monoisotopic (exact) mass is 325 g/mol. The summed E-state index contributed by atoms with van der Waals surface area (Å²) in [5.74, 6) is -0.0280. The first-order chi connectivity index (χ1) is 9.58. The van der Waals surface area contributed by atoms with Gasteiger partial charge in [-0.1, -0.05) is 52.6 Å². The molecule has 1 aromatic heterocycles. The van der Waals surface area contributed by atoms with E-state index in [1.807, 2.05) is 44.4 Å². The van der Waals surface area contributed by atoms with Gasteiger partial charge >= 0.3 is 0 Å². The molecule has 0 saturated heterocycles. The number of thioether (sulfide) groups is 2. The Morgan fingerprint density at radius 3 is 2.50 bits per heavy atom. The first kappa shape index (κ1) is 15.3. The molecule has 0 aliphatic heterocycles. The average Bonchev–Trinajstić information content (AvgIpc) is 2.89. The number of hydrogen-bond donors (Lipinski definition) is 1. The van der Waals surface area contributed by atoms with E-state index in [1.54, 1.807) is 11.8 Å². The van der Waals surface area contributed by atoms with Crippen LogP contribution in [0.15, 0.2) is 32.9 Å². The number of carbonyl (C=O) groups is 1. The molecule has 0 spiro atoms. The minimum absolute atomic E-state index is 0.0280. The maximum atomic E-state index is 12.1. The maximum Gasteiger partial charge on any atom is 0.237 e. The molecule has 0 unspecified atom stereocenters. The van der Waals surface area contributed by atoms with Crippen molar-refractivity contribution in [3.8, 4) is 0 Å². The van der Waals surface area contributed by atoms with Crippen LogP contribution in [0.2, 0.25) is 0 Å². The number of carbonyl (C=O) groups excluding carboxylic acids is 1. The summed E-state index contributed by atoms with van der Waals surface area (Å²) in [5.41, 5.74) is 1.99. The van der Waals surface area contributed by atoms with E-state index in [1.165, 1.54) is 28.7 Å². The minimum atomic E-state index is -0.209. The third kappa shape index (κ3) is 4.22. The first-order valence-electron chi connectivity index (χ1n) is 6.00. The topological polar surface area (TPSA) is 54.9 Å². The summed E-state index contributed by atoms with van der Waals surface area (Å²) in [5, 5.41) is 10.8. The lowest BCUT2D eigenvalue weighted by Crippen LogP contribution is -2.22. The predicted molar refractivity (Wildman–Crippen MR) is 86.8 cm³/mol. The molecule has 1 heterocycles. The highest BCUT2D eigenvalue weighted by atomic mass is 32.2. The highest BCUT2D eigenvalue weighted by molar-refractivity contribution is 8.03. The van der Waals surface area contributed by atoms with Crippen molar-refractivity contribution in [1.29, 1.82) is 0 Å². The molecule has 2 aromatic rings. The van der Waals surface area contributed by atoms with Crippen LogP contribution in [0, 0.1) is 6.92 Å². The number of rotatable bonds is 5. The smallest absolute Gasteiger partial charge is 0.237 e. The van der Waals surface area contributed by atoms with Crippen molar-refractivity contribution >= 4 is 46.5 Å². The fourth-order valence-electron chi connectivity index (χ4n) is 1.41. The van der Waals surface area contributed by atoms with E-state index in [4.69, 9.17) is 0 Å². The van der Waals surface area contributed by atoms with Gasteiger partial charge in [0, 0.05) is 5.69 Å². The predicted octanol–water partition coefficient (Wildman–Crippen LogP) is 3.69. The molecular weight excluding hydrogens is 310 g/mol. The molecule has 2 rings (SSSR count). The van der Waals surface area contributed by atoms with Crippen LogP contribution in [-0.2, 0) is 4.79 Å². The number of nitrogens with zero attached hydrogens (tertiary/aromatic N) is 2. The highest BCUT2D eigenvalue weighted by Crippen LogP contribution is 2.30. The highest BCUT2D eigenvalue weighted by Gasteiger charge is 2.17. The van der Waals surface area contributed by atoms with Gasteiger partial charge in [-0.3, -0.25) is 4.79 Å². The molecule has 0 saturated carbocycles. The van der Waals surface area contributed by atoms with Crippen LogP contribution in [0.5, 0.6) is 0 Å². The van der Waals surface area contributed by atoms with E-state index in [-0.39, 0.29) is 11.2 Å². The van der Waals surface area contributed by atoms with Gasteiger partial charge in [-0.2, -0.15) is 0 Å². The number of hydrogen-bond acceptors (Lipinski definition) is 6. The summed E-state index contributed by atoms with van der Waals surface area (Å²) in [6.07, 6.45) is 1.96. The van der Waals surface area contributed by atoms with E-state index in [2.05, 4.69) is 15.5 Å². The fraction of sp³-hybridized carbons (Fsp3) is 0.308. The van der Waals surface area contributed by atoms with Crippen LogP contribution in [-0.4, -0.2) is 27.6 Å².